The van der Waals surface area contributed by atoms with E-state index in [0.29, 0.717) is 6.54 Å². The van der Waals surface area contributed by atoms with Crippen LogP contribution in [0.5, 0.6) is 0 Å². The van der Waals surface area contributed by atoms with Crippen molar-refractivity contribution in [1.82, 2.24) is 20.0 Å². The second-order valence-electron chi connectivity index (χ2n) is 3.61. The summed E-state index contributed by atoms with van der Waals surface area (Å²) >= 11 is 0. The first kappa shape index (κ1) is 12.2. The van der Waals surface area contributed by atoms with E-state index in [-0.39, 0.29) is 6.54 Å². The Hall–Kier alpha value is -1.89. The van der Waals surface area contributed by atoms with Gasteiger partial charge in [-0.15, -0.1) is 0 Å². The second-order valence-corrected chi connectivity index (χ2v) is 3.61. The van der Waals surface area contributed by atoms with Crippen molar-refractivity contribution >= 4 is 11.9 Å². The number of carbonyl (C=O) groups excluding carboxylic acids is 2. The van der Waals surface area contributed by atoms with Crippen LogP contribution in [-0.4, -0.2) is 40.2 Å². The lowest BCUT2D eigenvalue weighted by Gasteiger charge is -2.13. The molecular formula is C9H15N5O2. The molecule has 0 fully saturated rings. The van der Waals surface area contributed by atoms with Crippen LogP contribution in [0, 0.1) is 0 Å². The van der Waals surface area contributed by atoms with Gasteiger partial charge in [0.1, 0.15) is 0 Å². The van der Waals surface area contributed by atoms with Gasteiger partial charge in [-0.3, -0.25) is 19.7 Å². The van der Waals surface area contributed by atoms with Crippen molar-refractivity contribution in [3.63, 3.8) is 0 Å². The zero-order chi connectivity index (χ0) is 12.1. The Morgan fingerprint density at radius 1 is 1.62 bits per heavy atom. The zero-order valence-electron chi connectivity index (χ0n) is 9.30. The summed E-state index contributed by atoms with van der Waals surface area (Å²) in [4.78, 5) is 23.4. The van der Waals surface area contributed by atoms with E-state index in [9.17, 15) is 9.59 Å². The van der Waals surface area contributed by atoms with E-state index in [1.807, 2.05) is 18.6 Å². The molecule has 1 rings (SSSR count). The number of nitrogens with one attached hydrogen (secondary N) is 1. The highest BCUT2D eigenvalue weighted by Gasteiger charge is 2.09. The first-order valence-electron chi connectivity index (χ1n) is 4.72. The molecule has 0 saturated heterocycles. The predicted molar refractivity (Wildman–Crippen MR) is 57.3 cm³/mol. The van der Waals surface area contributed by atoms with Crippen LogP contribution in [-0.2, 0) is 18.4 Å². The molecule has 1 heterocycles. The average Bonchev–Trinajstić information content (AvgIpc) is 2.48. The summed E-state index contributed by atoms with van der Waals surface area (Å²) in [7, 11) is 3.59. The molecule has 1 aromatic rings. The summed E-state index contributed by atoms with van der Waals surface area (Å²) in [6, 6.07) is -0.834. The number of aromatic nitrogens is 2. The van der Waals surface area contributed by atoms with E-state index in [4.69, 9.17) is 5.73 Å². The van der Waals surface area contributed by atoms with Gasteiger partial charge < -0.3 is 5.73 Å². The van der Waals surface area contributed by atoms with Gasteiger partial charge in [-0.05, 0) is 7.05 Å². The molecule has 0 aliphatic carbocycles. The quantitative estimate of drug-likeness (QED) is 0.690. The average molecular weight is 225 g/mol. The van der Waals surface area contributed by atoms with Crippen LogP contribution < -0.4 is 11.1 Å². The molecule has 88 valence electrons. The molecule has 0 bridgehead atoms. The van der Waals surface area contributed by atoms with E-state index in [1.165, 1.54) is 0 Å². The number of amides is 3. The van der Waals surface area contributed by atoms with Crippen LogP contribution in [0.1, 0.15) is 5.56 Å². The van der Waals surface area contributed by atoms with E-state index in [0.717, 1.165) is 5.56 Å². The second kappa shape index (κ2) is 5.26. The summed E-state index contributed by atoms with van der Waals surface area (Å²) in [5.74, 6) is -0.418. The molecule has 7 heteroatoms. The predicted octanol–water partition coefficient (Wildman–Crippen LogP) is -0.953. The smallest absolute Gasteiger partial charge is 0.318 e. The maximum absolute atomic E-state index is 11.2. The minimum absolute atomic E-state index is 0.109. The number of primary amides is 1. The zero-order valence-corrected chi connectivity index (χ0v) is 9.30. The highest BCUT2D eigenvalue weighted by Crippen LogP contribution is 2.00. The van der Waals surface area contributed by atoms with Crippen LogP contribution >= 0.6 is 0 Å². The molecule has 0 aromatic carbocycles. The van der Waals surface area contributed by atoms with Crippen LogP contribution in [0.3, 0.4) is 0 Å². The van der Waals surface area contributed by atoms with Gasteiger partial charge >= 0.3 is 6.03 Å². The van der Waals surface area contributed by atoms with Gasteiger partial charge in [0.05, 0.1) is 12.7 Å². The first-order valence-corrected chi connectivity index (χ1v) is 4.72. The molecule has 0 spiro atoms. The minimum atomic E-state index is -0.834. The fourth-order valence-electron chi connectivity index (χ4n) is 1.34. The van der Waals surface area contributed by atoms with Crippen LogP contribution in [0.15, 0.2) is 12.4 Å². The molecule has 0 aliphatic heterocycles. The Morgan fingerprint density at radius 2 is 2.31 bits per heavy atom. The summed E-state index contributed by atoms with van der Waals surface area (Å²) in [6.07, 6.45) is 3.59. The maximum Gasteiger partial charge on any atom is 0.318 e. The van der Waals surface area contributed by atoms with Crippen molar-refractivity contribution in [1.29, 1.82) is 0 Å². The molecule has 3 N–H and O–H groups in total. The lowest BCUT2D eigenvalue weighted by molar-refractivity contribution is -0.120. The third kappa shape index (κ3) is 4.09. The van der Waals surface area contributed by atoms with Crippen LogP contribution in [0.4, 0.5) is 4.79 Å². The van der Waals surface area contributed by atoms with Crippen LogP contribution in [0.25, 0.3) is 0 Å². The van der Waals surface area contributed by atoms with E-state index < -0.39 is 11.9 Å². The lowest BCUT2D eigenvalue weighted by atomic mass is 10.3. The van der Waals surface area contributed by atoms with Gasteiger partial charge in [0.2, 0.25) is 5.91 Å². The Balaban J connectivity index is 2.38. The Bertz CT molecular complexity index is 387. The van der Waals surface area contributed by atoms with Crippen molar-refractivity contribution < 1.29 is 9.59 Å². The highest BCUT2D eigenvalue weighted by atomic mass is 16.2. The van der Waals surface area contributed by atoms with Crippen molar-refractivity contribution in [2.24, 2.45) is 12.8 Å². The summed E-state index contributed by atoms with van der Waals surface area (Å²) < 4.78 is 1.69. The van der Waals surface area contributed by atoms with E-state index in [1.54, 1.807) is 22.8 Å². The monoisotopic (exact) mass is 225 g/mol. The molecule has 16 heavy (non-hydrogen) atoms. The van der Waals surface area contributed by atoms with Gasteiger partial charge in [0.25, 0.3) is 0 Å². The Kier molecular flexibility index (Phi) is 4.01. The molecule has 0 radical (unpaired) electrons. The molecule has 3 amide bonds. The topological polar surface area (TPSA) is 93.2 Å². The van der Waals surface area contributed by atoms with Gasteiger partial charge in [-0.1, -0.05) is 0 Å². The molecule has 0 unspecified atom stereocenters. The summed E-state index contributed by atoms with van der Waals surface area (Å²) in [5.41, 5.74) is 5.82. The molecule has 0 saturated carbocycles. The highest BCUT2D eigenvalue weighted by molar-refractivity contribution is 5.94. The van der Waals surface area contributed by atoms with Gasteiger partial charge in [0.15, 0.2) is 0 Å². The SMILES string of the molecule is CN(CC(=O)NC(N)=O)Cc1cnn(C)c1. The maximum atomic E-state index is 11.2. The van der Waals surface area contributed by atoms with Crippen molar-refractivity contribution in [3.05, 3.63) is 18.0 Å². The number of carbonyl (C=O) groups is 2. The van der Waals surface area contributed by atoms with Crippen molar-refractivity contribution in [3.8, 4) is 0 Å². The number of hydrogen-bond donors (Lipinski definition) is 2. The van der Waals surface area contributed by atoms with Crippen molar-refractivity contribution in [2.45, 2.75) is 6.54 Å². The van der Waals surface area contributed by atoms with Crippen molar-refractivity contribution in [2.75, 3.05) is 13.6 Å². The number of nitrogens with zero attached hydrogens (tertiary/aromatic N) is 3. The summed E-state index contributed by atoms with van der Waals surface area (Å²) in [5, 5.41) is 6.01. The largest absolute Gasteiger partial charge is 0.351 e. The van der Waals surface area contributed by atoms with Gasteiger partial charge in [-0.25, -0.2) is 4.79 Å². The third-order valence-corrected chi connectivity index (χ3v) is 1.89. The molecule has 1 aromatic heterocycles. The fraction of sp³-hybridized carbons (Fsp3) is 0.444. The van der Waals surface area contributed by atoms with Gasteiger partial charge in [0, 0.05) is 25.4 Å². The minimum Gasteiger partial charge on any atom is -0.351 e. The fourth-order valence-corrected chi connectivity index (χ4v) is 1.34. The number of hydrogen-bond acceptors (Lipinski definition) is 4. The number of rotatable bonds is 4. The first-order chi connectivity index (χ1) is 7.47. The number of likely N-dealkylation sites (N-methyl/N-ethyl adjacent to an activating group) is 1. The third-order valence-electron chi connectivity index (χ3n) is 1.89. The molecular weight excluding hydrogens is 210 g/mol. The lowest BCUT2D eigenvalue weighted by Crippen LogP contribution is -2.40. The Morgan fingerprint density at radius 3 is 2.81 bits per heavy atom. The van der Waals surface area contributed by atoms with E-state index in [2.05, 4.69) is 5.10 Å². The number of aryl methyl sites for hydroxylation is 1. The number of nitrogens with two attached hydrogens (primary N) is 1. The molecule has 0 aliphatic rings. The van der Waals surface area contributed by atoms with Gasteiger partial charge in [-0.2, -0.15) is 5.10 Å². The van der Waals surface area contributed by atoms with Crippen LogP contribution in [0.2, 0.25) is 0 Å². The summed E-state index contributed by atoms with van der Waals surface area (Å²) in [6.45, 7) is 0.692. The molecule has 0 atom stereocenters. The number of imide groups is 1. The number of urea groups is 1. The standard InChI is InChI=1S/C9H15N5O2/c1-13(6-8(15)12-9(10)16)4-7-3-11-14(2)5-7/h3,5H,4,6H2,1-2H3,(H3,10,12,15,16). The Labute approximate surface area is 93.2 Å². The molecule has 7 nitrogen and oxygen atoms in total. The van der Waals surface area contributed by atoms with E-state index >= 15 is 0 Å². The normalized spacial score (nSPS) is 10.4.